The molecule has 0 unspecified atom stereocenters. The minimum absolute atomic E-state index is 0.0369. The zero-order valence-electron chi connectivity index (χ0n) is 16.5. The molecule has 1 saturated carbocycles. The van der Waals surface area contributed by atoms with Gasteiger partial charge in [-0.3, -0.25) is 4.79 Å². The van der Waals surface area contributed by atoms with E-state index in [1.807, 2.05) is 11.9 Å². The van der Waals surface area contributed by atoms with Gasteiger partial charge in [-0.1, -0.05) is 30.3 Å². The number of hydrogen-bond acceptors (Lipinski definition) is 3. The highest BCUT2D eigenvalue weighted by molar-refractivity contribution is 7.89. The Morgan fingerprint density at radius 1 is 1.04 bits per heavy atom. The van der Waals surface area contributed by atoms with Crippen molar-refractivity contribution < 1.29 is 13.2 Å². The van der Waals surface area contributed by atoms with Gasteiger partial charge in [-0.05, 0) is 56.9 Å². The molecule has 3 rings (SSSR count). The normalized spacial score (nSPS) is 25.3. The number of nitrogens with zero attached hydrogens (tertiary/aromatic N) is 2. The summed E-state index contributed by atoms with van der Waals surface area (Å²) in [6, 6.07) is 11.0. The highest BCUT2D eigenvalue weighted by Gasteiger charge is 2.34. The first kappa shape index (κ1) is 20.3. The van der Waals surface area contributed by atoms with E-state index in [-0.39, 0.29) is 17.6 Å². The van der Waals surface area contributed by atoms with Gasteiger partial charge in [0.05, 0.1) is 5.75 Å². The van der Waals surface area contributed by atoms with Crippen LogP contribution < -0.4 is 0 Å². The van der Waals surface area contributed by atoms with Gasteiger partial charge in [-0.2, -0.15) is 0 Å². The maximum absolute atomic E-state index is 12.9. The minimum atomic E-state index is -3.14. The van der Waals surface area contributed by atoms with Gasteiger partial charge in [0, 0.05) is 32.1 Å². The number of carbonyl (C=O) groups excluding carboxylic acids is 1. The van der Waals surface area contributed by atoms with E-state index in [1.165, 1.54) is 5.56 Å². The van der Waals surface area contributed by atoms with Gasteiger partial charge in [0.2, 0.25) is 15.9 Å². The molecule has 2 aliphatic rings. The van der Waals surface area contributed by atoms with Crippen LogP contribution in [0.5, 0.6) is 0 Å². The molecule has 0 bridgehead atoms. The third kappa shape index (κ3) is 4.72. The molecular weight excluding hydrogens is 360 g/mol. The number of sulfonamides is 1. The maximum Gasteiger partial charge on any atom is 0.225 e. The number of carbonyl (C=O) groups is 1. The maximum atomic E-state index is 12.9. The second-order valence-corrected chi connectivity index (χ2v) is 10.2. The molecule has 1 aromatic carbocycles. The zero-order valence-corrected chi connectivity index (χ0v) is 17.3. The molecule has 0 radical (unpaired) electrons. The van der Waals surface area contributed by atoms with Gasteiger partial charge in [0.25, 0.3) is 0 Å². The summed E-state index contributed by atoms with van der Waals surface area (Å²) in [5.74, 6) is 0.904. The van der Waals surface area contributed by atoms with E-state index in [0.717, 1.165) is 25.7 Å². The fourth-order valence-corrected chi connectivity index (χ4v) is 5.69. The van der Waals surface area contributed by atoms with Crippen molar-refractivity contribution in [1.29, 1.82) is 0 Å². The smallest absolute Gasteiger partial charge is 0.225 e. The lowest BCUT2D eigenvalue weighted by Crippen LogP contribution is -2.47. The third-order valence-corrected chi connectivity index (χ3v) is 8.31. The summed E-state index contributed by atoms with van der Waals surface area (Å²) in [6.45, 7) is 2.62. The second-order valence-electron chi connectivity index (χ2n) is 7.94. The standard InChI is InChI=1S/C21H32N2O3S/c1-3-27(25,26)23-15-13-19(14-16-23)21(24)22(2)20-11-9-18(10-12-20)17-7-5-4-6-8-17/h4-8,18-20H,3,9-16H2,1-2H3. The number of rotatable bonds is 5. The van der Waals surface area contributed by atoms with Gasteiger partial charge >= 0.3 is 0 Å². The molecule has 6 heteroatoms. The Morgan fingerprint density at radius 3 is 2.19 bits per heavy atom. The summed E-state index contributed by atoms with van der Waals surface area (Å²) in [5, 5.41) is 0. The van der Waals surface area contributed by atoms with Crippen molar-refractivity contribution in [3.05, 3.63) is 35.9 Å². The van der Waals surface area contributed by atoms with Crippen LogP contribution in [0.4, 0.5) is 0 Å². The fraction of sp³-hybridized carbons (Fsp3) is 0.667. The molecule has 0 spiro atoms. The molecule has 1 saturated heterocycles. The summed E-state index contributed by atoms with van der Waals surface area (Å²) >= 11 is 0. The van der Waals surface area contributed by atoms with Crippen molar-refractivity contribution in [3.8, 4) is 0 Å². The van der Waals surface area contributed by atoms with Gasteiger partial charge < -0.3 is 4.90 Å². The molecule has 5 nitrogen and oxygen atoms in total. The second kappa shape index (κ2) is 8.74. The van der Waals surface area contributed by atoms with Crippen LogP contribution in [0.25, 0.3) is 0 Å². The molecular formula is C21H32N2O3S. The molecule has 1 aliphatic heterocycles. The average Bonchev–Trinajstić information content (AvgIpc) is 2.73. The monoisotopic (exact) mass is 392 g/mol. The van der Waals surface area contributed by atoms with Crippen LogP contribution in [0.15, 0.2) is 30.3 Å². The number of amides is 1. The van der Waals surface area contributed by atoms with Crippen molar-refractivity contribution in [3.63, 3.8) is 0 Å². The van der Waals surface area contributed by atoms with Gasteiger partial charge in [-0.25, -0.2) is 12.7 Å². The first-order valence-corrected chi connectivity index (χ1v) is 11.8. The van der Waals surface area contributed by atoms with Crippen molar-refractivity contribution in [2.45, 2.75) is 57.4 Å². The first-order chi connectivity index (χ1) is 12.9. The van der Waals surface area contributed by atoms with E-state index in [2.05, 4.69) is 30.3 Å². The van der Waals surface area contributed by atoms with E-state index in [4.69, 9.17) is 0 Å². The van der Waals surface area contributed by atoms with Crippen molar-refractivity contribution in [1.82, 2.24) is 9.21 Å². The average molecular weight is 393 g/mol. The molecule has 0 atom stereocenters. The van der Waals surface area contributed by atoms with Crippen LogP contribution >= 0.6 is 0 Å². The lowest BCUT2D eigenvalue weighted by atomic mass is 9.81. The summed E-state index contributed by atoms with van der Waals surface area (Å²) < 4.78 is 25.5. The van der Waals surface area contributed by atoms with E-state index in [0.29, 0.717) is 37.9 Å². The number of benzene rings is 1. The fourth-order valence-electron chi connectivity index (χ4n) is 4.55. The van der Waals surface area contributed by atoms with Crippen LogP contribution in [0.3, 0.4) is 0 Å². The van der Waals surface area contributed by atoms with E-state index < -0.39 is 10.0 Å². The molecule has 1 heterocycles. The topological polar surface area (TPSA) is 57.7 Å². The van der Waals surface area contributed by atoms with E-state index in [9.17, 15) is 13.2 Å². The molecule has 1 aliphatic carbocycles. The van der Waals surface area contributed by atoms with Gasteiger partial charge in [0.1, 0.15) is 0 Å². The largest absolute Gasteiger partial charge is 0.343 e. The molecule has 1 amide bonds. The van der Waals surface area contributed by atoms with Crippen LogP contribution in [0.1, 0.15) is 56.9 Å². The molecule has 150 valence electrons. The van der Waals surface area contributed by atoms with Gasteiger partial charge in [0.15, 0.2) is 0 Å². The lowest BCUT2D eigenvalue weighted by Gasteiger charge is -2.38. The predicted octanol–water partition coefficient (Wildman–Crippen LogP) is 3.23. The van der Waals surface area contributed by atoms with Crippen LogP contribution in [0.2, 0.25) is 0 Å². The lowest BCUT2D eigenvalue weighted by molar-refractivity contribution is -0.138. The van der Waals surface area contributed by atoms with Crippen molar-refractivity contribution in [2.75, 3.05) is 25.9 Å². The zero-order chi connectivity index (χ0) is 19.4. The van der Waals surface area contributed by atoms with Gasteiger partial charge in [-0.15, -0.1) is 0 Å². The number of piperidine rings is 1. The Balaban J connectivity index is 1.50. The van der Waals surface area contributed by atoms with Crippen LogP contribution in [-0.2, 0) is 14.8 Å². The number of hydrogen-bond donors (Lipinski definition) is 0. The third-order valence-electron chi connectivity index (χ3n) is 6.42. The van der Waals surface area contributed by atoms with Crippen LogP contribution in [0, 0.1) is 5.92 Å². The van der Waals surface area contributed by atoms with E-state index >= 15 is 0 Å². The Labute approximate surface area is 163 Å². The Bertz CT molecular complexity index is 719. The molecule has 0 N–H and O–H groups in total. The first-order valence-electron chi connectivity index (χ1n) is 10.2. The molecule has 2 fully saturated rings. The Hall–Kier alpha value is -1.40. The Kier molecular flexibility index (Phi) is 6.58. The van der Waals surface area contributed by atoms with Crippen LogP contribution in [-0.4, -0.2) is 55.5 Å². The summed E-state index contributed by atoms with van der Waals surface area (Å²) in [6.07, 6.45) is 5.62. The molecule has 27 heavy (non-hydrogen) atoms. The SMILES string of the molecule is CCS(=O)(=O)N1CCC(C(=O)N(C)C2CCC(c3ccccc3)CC2)CC1. The van der Waals surface area contributed by atoms with Crippen molar-refractivity contribution in [2.24, 2.45) is 5.92 Å². The highest BCUT2D eigenvalue weighted by atomic mass is 32.2. The highest BCUT2D eigenvalue weighted by Crippen LogP contribution is 2.35. The van der Waals surface area contributed by atoms with E-state index in [1.54, 1.807) is 11.2 Å². The summed E-state index contributed by atoms with van der Waals surface area (Å²) in [7, 11) is -1.20. The quantitative estimate of drug-likeness (QED) is 0.773. The molecule has 1 aromatic rings. The van der Waals surface area contributed by atoms with Crippen molar-refractivity contribution >= 4 is 15.9 Å². The Morgan fingerprint density at radius 2 is 1.63 bits per heavy atom. The summed E-state index contributed by atoms with van der Waals surface area (Å²) in [4.78, 5) is 14.9. The predicted molar refractivity (Wildman–Crippen MR) is 108 cm³/mol. The molecule has 0 aromatic heterocycles. The minimum Gasteiger partial charge on any atom is -0.343 e. The summed E-state index contributed by atoms with van der Waals surface area (Å²) in [5.41, 5.74) is 1.41.